The van der Waals surface area contributed by atoms with Crippen LogP contribution in [0.1, 0.15) is 42.7 Å². The third kappa shape index (κ3) is 24.5. The average molecular weight is 967 g/mol. The molecule has 0 saturated heterocycles. The molecule has 0 spiro atoms. The number of fused-ring (bicyclic) bond motifs is 1. The number of rotatable bonds is 41. The molecular weight excluding hydrogens is 895 g/mol. The van der Waals surface area contributed by atoms with Gasteiger partial charge in [-0.2, -0.15) is 0 Å². The van der Waals surface area contributed by atoms with Gasteiger partial charge in [0, 0.05) is 56.9 Å². The summed E-state index contributed by atoms with van der Waals surface area (Å²) in [5, 5.41) is 3.94. The Labute approximate surface area is 398 Å². The summed E-state index contributed by atoms with van der Waals surface area (Å²) >= 11 is 0. The molecule has 0 unspecified atom stereocenters. The second-order valence-electron chi connectivity index (χ2n) is 14.8. The van der Waals surface area contributed by atoms with E-state index in [1.54, 1.807) is 30.3 Å². The molecule has 23 nitrogen and oxygen atoms in total. The Morgan fingerprint density at radius 1 is 0.676 bits per heavy atom. The number of nitrogens with two attached hydrogens (primary N) is 1. The Hall–Kier alpha value is -4.79. The first-order chi connectivity index (χ1) is 33.1. The molecule has 2 aliphatic heterocycles. The van der Waals surface area contributed by atoms with Crippen LogP contribution in [-0.2, 0) is 71.4 Å². The molecule has 0 atom stereocenters. The molecule has 23 heteroatoms. The molecule has 1 aromatic rings. The number of carbonyl (C=O) groups is 5. The molecule has 2 aliphatic rings. The van der Waals surface area contributed by atoms with Crippen LogP contribution >= 0.6 is 0 Å². The summed E-state index contributed by atoms with van der Waals surface area (Å²) in [5.41, 5.74) is 8.07. The minimum atomic E-state index is -0.499. The van der Waals surface area contributed by atoms with Gasteiger partial charge in [0.15, 0.2) is 6.20 Å². The van der Waals surface area contributed by atoms with E-state index in [-0.39, 0.29) is 43.8 Å². The number of ether oxygens (including phenoxy) is 10. The van der Waals surface area contributed by atoms with E-state index in [0.717, 1.165) is 23.5 Å². The van der Waals surface area contributed by atoms with Crippen molar-refractivity contribution in [2.24, 2.45) is 10.7 Å². The molecule has 0 radical (unpaired) electrons. The quantitative estimate of drug-likeness (QED) is 0.0487. The highest BCUT2D eigenvalue weighted by Crippen LogP contribution is 2.27. The number of carbonyl (C=O) groups excluding carboxylic acids is 5. The largest absolute Gasteiger partial charge is 0.387 e. The van der Waals surface area contributed by atoms with Gasteiger partial charge in [-0.3, -0.25) is 33.7 Å². The number of nitrogens with zero attached hydrogens (tertiary/aromatic N) is 4. The third-order valence-electron chi connectivity index (χ3n) is 9.41. The van der Waals surface area contributed by atoms with Crippen LogP contribution in [0.5, 0.6) is 0 Å². The second-order valence-corrected chi connectivity index (χ2v) is 14.8. The standard InChI is InChI=1S/C45H71N7O16/c1-4-9-52(68-5-2)44(56)36-31-37-34-48-39(33-38(37)49-40(46)32-36)45(57)50(3)10-12-59-14-16-61-18-20-63-22-24-65-26-28-67-30-29-66-27-25-64-23-21-62-19-17-60-15-13-58-11-8-47-41(53)35-51-42(54)6-7-43(51)55/h6-7,31,33-34H,4-5,8-30,32,35H2,1-3H3,(H2,46,49)(H,47,53)/p+1. The van der Waals surface area contributed by atoms with E-state index in [1.807, 2.05) is 13.8 Å². The van der Waals surface area contributed by atoms with E-state index < -0.39 is 17.7 Å². The van der Waals surface area contributed by atoms with Gasteiger partial charge in [0.25, 0.3) is 23.4 Å². The second kappa shape index (κ2) is 36.2. The van der Waals surface area contributed by atoms with Crippen LogP contribution in [0.4, 0.5) is 5.69 Å². The van der Waals surface area contributed by atoms with Gasteiger partial charge in [-0.25, -0.2) is 15.0 Å². The summed E-state index contributed by atoms with van der Waals surface area (Å²) in [6, 6.07) is 1.63. The number of hydrogen-bond donors (Lipinski definition) is 2. The molecule has 5 amide bonds. The first-order valence-corrected chi connectivity index (χ1v) is 23.0. The van der Waals surface area contributed by atoms with Gasteiger partial charge in [0.2, 0.25) is 5.91 Å². The topological polar surface area (TPSA) is 261 Å². The van der Waals surface area contributed by atoms with Gasteiger partial charge < -0.3 is 63.3 Å². The molecule has 0 aliphatic carbocycles. The molecular formula is C45H72N7O16+. The number of likely N-dealkylation sites (N-methyl/N-ethyl adjacent to an activating group) is 1. The molecule has 0 aromatic carbocycles. The summed E-state index contributed by atoms with van der Waals surface area (Å²) in [7, 11) is 1.69. The van der Waals surface area contributed by atoms with E-state index in [4.69, 9.17) is 57.9 Å². The van der Waals surface area contributed by atoms with Gasteiger partial charge in [0.1, 0.15) is 12.4 Å². The number of aromatic nitrogens is 1. The molecule has 382 valence electrons. The van der Waals surface area contributed by atoms with Gasteiger partial charge in [-0.15, -0.1) is 0 Å². The minimum Gasteiger partial charge on any atom is -0.387 e. The van der Waals surface area contributed by atoms with Crippen molar-refractivity contribution in [2.75, 3.05) is 172 Å². The number of pyridine rings is 1. The van der Waals surface area contributed by atoms with Crippen molar-refractivity contribution >= 4 is 47.1 Å². The highest BCUT2D eigenvalue weighted by Gasteiger charge is 2.27. The van der Waals surface area contributed by atoms with Crippen LogP contribution in [0.3, 0.4) is 0 Å². The van der Waals surface area contributed by atoms with Gasteiger partial charge >= 0.3 is 5.91 Å². The third-order valence-corrected chi connectivity index (χ3v) is 9.41. The van der Waals surface area contributed by atoms with Crippen molar-refractivity contribution in [1.82, 2.24) is 20.2 Å². The zero-order valence-corrected chi connectivity index (χ0v) is 39.9. The zero-order valence-electron chi connectivity index (χ0n) is 39.9. The number of amides is 5. The number of amidine groups is 1. The summed E-state index contributed by atoms with van der Waals surface area (Å²) < 4.78 is 55.0. The Morgan fingerprint density at radius 3 is 1.59 bits per heavy atom. The lowest BCUT2D eigenvalue weighted by molar-refractivity contribution is -0.382. The maximum atomic E-state index is 13.1. The highest BCUT2D eigenvalue weighted by molar-refractivity contribution is 6.14. The lowest BCUT2D eigenvalue weighted by atomic mass is 10.1. The highest BCUT2D eigenvalue weighted by atomic mass is 16.7. The van der Waals surface area contributed by atoms with E-state index >= 15 is 0 Å². The van der Waals surface area contributed by atoms with E-state index in [2.05, 4.69) is 15.3 Å². The van der Waals surface area contributed by atoms with E-state index in [9.17, 15) is 24.0 Å². The Kier molecular flexibility index (Phi) is 30.6. The number of aromatic amines is 1. The number of hydrogen-bond acceptors (Lipinski definition) is 18. The van der Waals surface area contributed by atoms with Crippen molar-refractivity contribution in [3.05, 3.63) is 41.2 Å². The number of imide groups is 1. The van der Waals surface area contributed by atoms with Crippen LogP contribution in [0, 0.1) is 0 Å². The Morgan fingerprint density at radius 2 is 1.13 bits per heavy atom. The lowest BCUT2D eigenvalue weighted by Crippen LogP contribution is -2.41. The van der Waals surface area contributed by atoms with Crippen molar-refractivity contribution < 1.29 is 81.2 Å². The SMILES string of the molecule is CCCN(OCC)C(=O)C1=Cc2c[nH+]c(C(=O)N(C)CCOCCOCCOCCOCCOCCOCCOCCOCCOCCOCCNC(=O)CN3C(=O)C=CC3=O)cc2N=C(N)C1. The van der Waals surface area contributed by atoms with Gasteiger partial charge in [-0.1, -0.05) is 6.92 Å². The first-order valence-electron chi connectivity index (χ1n) is 23.0. The van der Waals surface area contributed by atoms with Crippen LogP contribution in [0.2, 0.25) is 0 Å². The lowest BCUT2D eigenvalue weighted by Gasteiger charge is -2.21. The molecule has 0 fully saturated rings. The van der Waals surface area contributed by atoms with Gasteiger partial charge in [-0.05, 0) is 19.4 Å². The average Bonchev–Trinajstić information content (AvgIpc) is 3.53. The molecule has 1 aromatic heterocycles. The van der Waals surface area contributed by atoms with E-state index in [1.165, 1.54) is 5.06 Å². The molecule has 0 saturated carbocycles. The van der Waals surface area contributed by atoms with Crippen LogP contribution < -0.4 is 16.0 Å². The summed E-state index contributed by atoms with van der Waals surface area (Å²) in [5.74, 6) is -1.68. The molecule has 0 bridgehead atoms. The van der Waals surface area contributed by atoms with Crippen molar-refractivity contribution in [3.8, 4) is 0 Å². The fraction of sp³-hybridized carbons (Fsp3) is 0.667. The van der Waals surface area contributed by atoms with Crippen molar-refractivity contribution in [1.29, 1.82) is 0 Å². The van der Waals surface area contributed by atoms with Crippen LogP contribution in [-0.4, -0.2) is 222 Å². The maximum absolute atomic E-state index is 13.1. The zero-order chi connectivity index (χ0) is 49.0. The predicted octanol–water partition coefficient (Wildman–Crippen LogP) is -0.254. The predicted molar refractivity (Wildman–Crippen MR) is 245 cm³/mol. The Bertz CT molecular complexity index is 1730. The Balaban J connectivity index is 1.02. The number of nitrogens with one attached hydrogen (secondary N) is 2. The normalized spacial score (nSPS) is 13.4. The summed E-state index contributed by atoms with van der Waals surface area (Å²) in [6.07, 6.45) is 6.54. The van der Waals surface area contributed by atoms with Crippen LogP contribution in [0.15, 0.2) is 35.0 Å². The molecule has 68 heavy (non-hydrogen) atoms. The summed E-state index contributed by atoms with van der Waals surface area (Å²) in [4.78, 5) is 76.4. The number of aliphatic imine (C=N–C) groups is 1. The summed E-state index contributed by atoms with van der Waals surface area (Å²) in [6.45, 7) is 13.1. The molecule has 3 rings (SSSR count). The minimum absolute atomic E-state index is 0.164. The van der Waals surface area contributed by atoms with Crippen molar-refractivity contribution in [3.63, 3.8) is 0 Å². The fourth-order valence-electron chi connectivity index (χ4n) is 5.98. The van der Waals surface area contributed by atoms with Crippen LogP contribution in [0.25, 0.3) is 6.08 Å². The van der Waals surface area contributed by atoms with Gasteiger partial charge in [0.05, 0.1) is 150 Å². The first kappa shape index (κ1) is 57.5. The van der Waals surface area contributed by atoms with E-state index in [0.29, 0.717) is 168 Å². The number of hydroxylamine groups is 2. The number of H-pyrrole nitrogens is 1. The monoisotopic (exact) mass is 967 g/mol. The molecule has 4 N–H and O–H groups in total. The maximum Gasteiger partial charge on any atom is 0.318 e. The fourth-order valence-corrected chi connectivity index (χ4v) is 5.98. The smallest absolute Gasteiger partial charge is 0.318 e. The van der Waals surface area contributed by atoms with Crippen molar-refractivity contribution in [2.45, 2.75) is 26.7 Å². The molecule has 3 heterocycles.